The number of ether oxygens (including phenoxy) is 1. The minimum absolute atomic E-state index is 0.0530. The Hall–Kier alpha value is -3.39. The van der Waals surface area contributed by atoms with E-state index in [2.05, 4.69) is 27.7 Å². The van der Waals surface area contributed by atoms with Gasteiger partial charge in [-0.2, -0.15) is 13.2 Å². The fraction of sp³-hybridized carbons (Fsp3) is 0.208. The van der Waals surface area contributed by atoms with Gasteiger partial charge in [0.25, 0.3) is 0 Å². The number of hydrogen-bond acceptors (Lipinski definition) is 6. The molecule has 3 N–H and O–H groups in total. The van der Waals surface area contributed by atoms with Crippen LogP contribution < -0.4 is 5.73 Å². The lowest BCUT2D eigenvalue weighted by Crippen LogP contribution is -2.39. The number of hydrogen-bond donors (Lipinski definition) is 2. The van der Waals surface area contributed by atoms with Crippen LogP contribution in [-0.4, -0.2) is 45.0 Å². The summed E-state index contributed by atoms with van der Waals surface area (Å²) >= 11 is 0. The summed E-state index contributed by atoms with van der Waals surface area (Å²) in [5.41, 5.74) is 3.02. The Morgan fingerprint density at radius 2 is 1.76 bits per heavy atom. The molecule has 3 aromatic rings. The predicted molar refractivity (Wildman–Crippen MR) is 124 cm³/mol. The van der Waals surface area contributed by atoms with Gasteiger partial charge in [-0.3, -0.25) is 9.19 Å². The van der Waals surface area contributed by atoms with Crippen molar-refractivity contribution in [2.45, 2.75) is 28.5 Å². The van der Waals surface area contributed by atoms with Crippen LogP contribution >= 0.6 is 0 Å². The SMILES string of the molecule is C=S(=O)(c1ccc(-c2ncc(C(C)(O)C(F)(F)F)cc2C#CCOC)cc1)c1ccc(N)nc1. The molecule has 2 atom stereocenters. The fourth-order valence-corrected chi connectivity index (χ4v) is 4.34. The monoisotopic (exact) mass is 489 g/mol. The van der Waals surface area contributed by atoms with E-state index >= 15 is 0 Å². The van der Waals surface area contributed by atoms with Crippen molar-refractivity contribution in [3.05, 3.63) is 66.0 Å². The van der Waals surface area contributed by atoms with E-state index in [1.165, 1.54) is 19.4 Å². The summed E-state index contributed by atoms with van der Waals surface area (Å²) < 4.78 is 58.1. The van der Waals surface area contributed by atoms with Crippen LogP contribution in [0.25, 0.3) is 11.3 Å². The van der Waals surface area contributed by atoms with E-state index in [1.807, 2.05) is 0 Å². The first-order chi connectivity index (χ1) is 15.9. The Morgan fingerprint density at radius 3 is 2.32 bits per heavy atom. The largest absolute Gasteiger partial charge is 0.421 e. The van der Waals surface area contributed by atoms with Gasteiger partial charge in [0, 0.05) is 45.0 Å². The molecule has 0 aliphatic rings. The van der Waals surface area contributed by atoms with Crippen molar-refractivity contribution in [3.63, 3.8) is 0 Å². The number of anilines is 1. The maximum Gasteiger partial charge on any atom is 0.421 e. The van der Waals surface area contributed by atoms with Crippen LogP contribution in [0.3, 0.4) is 0 Å². The molecule has 2 aromatic heterocycles. The summed E-state index contributed by atoms with van der Waals surface area (Å²) in [7, 11) is -1.43. The van der Waals surface area contributed by atoms with Crippen LogP contribution in [0.5, 0.6) is 0 Å². The average Bonchev–Trinajstić information content (AvgIpc) is 2.79. The predicted octanol–water partition coefficient (Wildman–Crippen LogP) is 3.63. The van der Waals surface area contributed by atoms with Crippen molar-refractivity contribution in [3.8, 4) is 23.1 Å². The number of nitrogen functional groups attached to an aromatic ring is 1. The number of alkyl halides is 3. The minimum Gasteiger partial charge on any atom is -0.384 e. The van der Waals surface area contributed by atoms with Gasteiger partial charge in [-0.25, -0.2) is 4.98 Å². The molecular weight excluding hydrogens is 467 g/mol. The number of nitrogens with two attached hydrogens (primary N) is 1. The van der Waals surface area contributed by atoms with Gasteiger partial charge in [-0.15, -0.1) is 0 Å². The average molecular weight is 490 g/mol. The molecule has 10 heteroatoms. The number of aliphatic hydroxyl groups is 1. The third kappa shape index (κ3) is 5.07. The van der Waals surface area contributed by atoms with Gasteiger partial charge >= 0.3 is 6.18 Å². The molecule has 2 unspecified atom stereocenters. The molecule has 0 spiro atoms. The van der Waals surface area contributed by atoms with E-state index in [0.29, 0.717) is 28.0 Å². The quantitative estimate of drug-likeness (QED) is 0.420. The molecule has 0 aliphatic heterocycles. The van der Waals surface area contributed by atoms with Gasteiger partial charge < -0.3 is 15.6 Å². The summed E-state index contributed by atoms with van der Waals surface area (Å²) in [5, 5.41) is 10.0. The van der Waals surface area contributed by atoms with Crippen LogP contribution in [0, 0.1) is 11.8 Å². The lowest BCUT2D eigenvalue weighted by molar-refractivity contribution is -0.259. The highest BCUT2D eigenvalue weighted by atomic mass is 32.2. The Bertz CT molecular complexity index is 1340. The van der Waals surface area contributed by atoms with Crippen LogP contribution in [0.1, 0.15) is 18.1 Å². The molecule has 1 aromatic carbocycles. The molecule has 6 nitrogen and oxygen atoms in total. The molecular formula is C24H22F3N3O3S. The second-order valence-corrected chi connectivity index (χ2v) is 9.84. The number of benzene rings is 1. The van der Waals surface area contributed by atoms with Crippen LogP contribution in [-0.2, 0) is 19.9 Å². The number of rotatable bonds is 5. The lowest BCUT2D eigenvalue weighted by atomic mass is 9.94. The number of methoxy groups -OCH3 is 1. The summed E-state index contributed by atoms with van der Waals surface area (Å²) in [6, 6.07) is 10.7. The summed E-state index contributed by atoms with van der Waals surface area (Å²) in [5.74, 6) is 9.56. The minimum atomic E-state index is -4.90. The highest BCUT2D eigenvalue weighted by Gasteiger charge is 2.51. The topological polar surface area (TPSA) is 98.3 Å². The molecule has 0 amide bonds. The van der Waals surface area contributed by atoms with Gasteiger partial charge in [0.1, 0.15) is 12.4 Å². The van der Waals surface area contributed by atoms with Crippen LogP contribution in [0.15, 0.2) is 64.6 Å². The van der Waals surface area contributed by atoms with Crippen LogP contribution in [0.2, 0.25) is 0 Å². The second kappa shape index (κ2) is 9.46. The molecule has 0 fully saturated rings. The van der Waals surface area contributed by atoms with Crippen LogP contribution in [0.4, 0.5) is 19.0 Å². The van der Waals surface area contributed by atoms with Gasteiger partial charge in [-0.1, -0.05) is 24.0 Å². The Kier molecular flexibility index (Phi) is 7.02. The number of aromatic nitrogens is 2. The van der Waals surface area contributed by atoms with E-state index in [4.69, 9.17) is 10.5 Å². The lowest BCUT2D eigenvalue weighted by Gasteiger charge is -2.26. The third-order valence-corrected chi connectivity index (χ3v) is 7.13. The van der Waals surface area contributed by atoms with Crippen molar-refractivity contribution in [1.29, 1.82) is 0 Å². The standard InChI is InChI=1S/C24H22F3N3O3S/c1-23(31,24(25,26)27)18-13-17(5-4-12-33-2)22(30-14-18)16-6-8-19(9-7-16)34(3,32)20-10-11-21(28)29-15-20/h6-11,13-15,31H,3,12H2,1-2H3,(H2,28,29). The van der Waals surface area contributed by atoms with Crippen molar-refractivity contribution in [2.75, 3.05) is 19.5 Å². The number of nitrogens with zero attached hydrogens (tertiary/aromatic N) is 2. The number of halogens is 3. The van der Waals surface area contributed by atoms with Gasteiger partial charge in [0.2, 0.25) is 0 Å². The zero-order valence-electron chi connectivity index (χ0n) is 18.4. The molecule has 2 heterocycles. The first-order valence-electron chi connectivity index (χ1n) is 9.84. The summed E-state index contributed by atoms with van der Waals surface area (Å²) in [6.07, 6.45) is -2.54. The smallest absolute Gasteiger partial charge is 0.384 e. The molecule has 0 bridgehead atoms. The van der Waals surface area contributed by atoms with E-state index < -0.39 is 26.9 Å². The van der Waals surface area contributed by atoms with E-state index in [-0.39, 0.29) is 18.0 Å². The molecule has 178 valence electrons. The molecule has 0 radical (unpaired) electrons. The molecule has 0 saturated carbocycles. The van der Waals surface area contributed by atoms with E-state index in [1.54, 1.807) is 30.3 Å². The van der Waals surface area contributed by atoms with Crippen molar-refractivity contribution in [2.24, 2.45) is 0 Å². The van der Waals surface area contributed by atoms with Crippen molar-refractivity contribution < 1.29 is 27.2 Å². The van der Waals surface area contributed by atoms with E-state index in [0.717, 1.165) is 12.3 Å². The number of pyridine rings is 2. The zero-order chi connectivity index (χ0) is 25.1. The Balaban J connectivity index is 2.05. The third-order valence-electron chi connectivity index (χ3n) is 5.09. The van der Waals surface area contributed by atoms with Gasteiger partial charge in [-0.05, 0) is 43.1 Å². The highest BCUT2D eigenvalue weighted by molar-refractivity contribution is 8.00. The van der Waals surface area contributed by atoms with E-state index in [9.17, 15) is 22.5 Å². The van der Waals surface area contributed by atoms with Gasteiger partial charge in [0.15, 0.2) is 5.60 Å². The summed E-state index contributed by atoms with van der Waals surface area (Å²) in [4.78, 5) is 8.93. The Labute approximate surface area is 195 Å². The van der Waals surface area contributed by atoms with Crippen molar-refractivity contribution >= 4 is 21.2 Å². The first-order valence-corrected chi connectivity index (χ1v) is 11.6. The first kappa shape index (κ1) is 25.2. The molecule has 34 heavy (non-hydrogen) atoms. The maximum atomic E-state index is 13.3. The fourth-order valence-electron chi connectivity index (χ4n) is 2.98. The second-order valence-electron chi connectivity index (χ2n) is 7.54. The molecule has 3 rings (SSSR count). The Morgan fingerprint density at radius 1 is 1.12 bits per heavy atom. The van der Waals surface area contributed by atoms with Gasteiger partial charge in [0.05, 0.1) is 16.2 Å². The molecule has 0 aliphatic carbocycles. The molecule has 0 saturated heterocycles. The summed E-state index contributed by atoms with van der Waals surface area (Å²) in [6.45, 7) is 0.708. The van der Waals surface area contributed by atoms with Crippen molar-refractivity contribution in [1.82, 2.24) is 9.97 Å². The highest BCUT2D eigenvalue weighted by Crippen LogP contribution is 2.39. The zero-order valence-corrected chi connectivity index (χ0v) is 19.2. The maximum absolute atomic E-state index is 13.3. The normalized spacial score (nSPS) is 15.0.